The van der Waals surface area contributed by atoms with Gasteiger partial charge in [-0.15, -0.1) is 0 Å². The third kappa shape index (κ3) is 11.7. The van der Waals surface area contributed by atoms with Crippen molar-refractivity contribution in [2.45, 2.75) is 47.6 Å². The summed E-state index contributed by atoms with van der Waals surface area (Å²) in [5.41, 5.74) is 0.310. The summed E-state index contributed by atoms with van der Waals surface area (Å²) in [7, 11) is 0. The zero-order valence-electron chi connectivity index (χ0n) is 18.7. The van der Waals surface area contributed by atoms with E-state index in [0.29, 0.717) is 12.0 Å². The van der Waals surface area contributed by atoms with E-state index >= 15 is 0 Å². The number of rotatable bonds is 11. The van der Waals surface area contributed by atoms with E-state index < -0.39 is 42.1 Å². The fourth-order valence-electron chi connectivity index (χ4n) is 2.76. The van der Waals surface area contributed by atoms with Gasteiger partial charge in [0.1, 0.15) is 5.75 Å². The smallest absolute Gasteiger partial charge is 0.550 e. The third-order valence-corrected chi connectivity index (χ3v) is 4.84. The summed E-state index contributed by atoms with van der Waals surface area (Å²) in [5, 5.41) is 36.4. The normalized spacial score (nSPS) is 12.5. The van der Waals surface area contributed by atoms with Gasteiger partial charge in [0.2, 0.25) is 5.91 Å². The first-order chi connectivity index (χ1) is 13.6. The predicted octanol–water partition coefficient (Wildman–Crippen LogP) is -6.43. The number of nitrogens with one attached hydrogen (secondary N) is 2. The van der Waals surface area contributed by atoms with Gasteiger partial charge in [-0.1, -0.05) is 40.7 Å². The van der Waals surface area contributed by atoms with Crippen LogP contribution >= 0.6 is 0 Å². The fraction of sp³-hybridized carbons (Fsp3) is 0.524. The molecule has 0 heterocycles. The molecule has 11 heteroatoms. The molecule has 32 heavy (non-hydrogen) atoms. The molecule has 3 N–H and O–H groups in total. The van der Waals surface area contributed by atoms with Gasteiger partial charge in [-0.3, -0.25) is 9.59 Å². The molecule has 0 aromatic heterocycles. The van der Waals surface area contributed by atoms with E-state index in [1.165, 1.54) is 25.1 Å². The molecule has 2 amide bonds. The number of carbonyl (C=O) groups is 4. The molecule has 0 aliphatic heterocycles. The number of carbonyl (C=O) groups excluding carboxylic acids is 4. The van der Waals surface area contributed by atoms with Crippen molar-refractivity contribution < 1.29 is 93.6 Å². The zero-order valence-corrected chi connectivity index (χ0v) is 22.7. The summed E-state index contributed by atoms with van der Waals surface area (Å²) in [4.78, 5) is 46.2. The Kier molecular flexibility index (Phi) is 19.3. The van der Waals surface area contributed by atoms with Gasteiger partial charge < -0.3 is 35.5 Å². The molecule has 0 spiro atoms. The summed E-state index contributed by atoms with van der Waals surface area (Å²) >= 11 is 0. The molecule has 1 rings (SSSR count). The van der Waals surface area contributed by atoms with Crippen LogP contribution in [0.1, 0.15) is 57.0 Å². The molecule has 0 radical (unpaired) electrons. The fourth-order valence-corrected chi connectivity index (χ4v) is 2.76. The van der Waals surface area contributed by atoms with Crippen molar-refractivity contribution in [1.29, 1.82) is 0 Å². The van der Waals surface area contributed by atoms with Gasteiger partial charge in [0.25, 0.3) is 5.91 Å². The van der Waals surface area contributed by atoms with Crippen molar-refractivity contribution in [2.24, 2.45) is 17.8 Å². The Morgan fingerprint density at radius 3 is 2.16 bits per heavy atom. The number of carboxylic acid groups (broad SMARTS) is 2. The SMILES string of the molecule is C.CCC(C)CC(C(=O)[O-])C(C)C(=O)NCc1ccc(O)c(C(=O)NCC(=O)[O-])c1.[Na+].[Na+]. The van der Waals surface area contributed by atoms with Crippen LogP contribution in [-0.2, 0) is 20.9 Å². The molecule has 0 bridgehead atoms. The average Bonchev–Trinajstić information content (AvgIpc) is 2.68. The predicted molar refractivity (Wildman–Crippen MR) is 106 cm³/mol. The molecular formula is C21H30N2Na2O7. The molecule has 3 unspecified atom stereocenters. The topological polar surface area (TPSA) is 159 Å². The minimum Gasteiger partial charge on any atom is -0.550 e. The number of amides is 2. The molecule has 1 aromatic carbocycles. The second-order valence-corrected chi connectivity index (χ2v) is 7.09. The number of hydrogen-bond acceptors (Lipinski definition) is 7. The first kappa shape index (κ1) is 35.5. The van der Waals surface area contributed by atoms with Gasteiger partial charge in [-0.05, 0) is 30.0 Å². The maximum absolute atomic E-state index is 12.4. The van der Waals surface area contributed by atoms with E-state index in [4.69, 9.17) is 0 Å². The van der Waals surface area contributed by atoms with Gasteiger partial charge in [0.05, 0.1) is 18.1 Å². The van der Waals surface area contributed by atoms with Crippen molar-refractivity contribution in [2.75, 3.05) is 6.54 Å². The van der Waals surface area contributed by atoms with E-state index in [1.807, 2.05) is 13.8 Å². The van der Waals surface area contributed by atoms with E-state index in [1.54, 1.807) is 0 Å². The van der Waals surface area contributed by atoms with Gasteiger partial charge >= 0.3 is 59.1 Å². The molecule has 168 valence electrons. The Morgan fingerprint density at radius 2 is 1.66 bits per heavy atom. The number of carboxylic acids is 2. The van der Waals surface area contributed by atoms with Crippen molar-refractivity contribution >= 4 is 23.8 Å². The van der Waals surface area contributed by atoms with E-state index in [9.17, 15) is 34.5 Å². The van der Waals surface area contributed by atoms with Crippen LogP contribution < -0.4 is 80.0 Å². The number of phenols is 1. The second kappa shape index (κ2) is 17.4. The molecular weight excluding hydrogens is 438 g/mol. The second-order valence-electron chi connectivity index (χ2n) is 7.09. The average molecular weight is 468 g/mol. The monoisotopic (exact) mass is 468 g/mol. The Balaban J connectivity index is -0.00000280. The maximum atomic E-state index is 12.4. The molecule has 3 atom stereocenters. The molecule has 0 aliphatic carbocycles. The molecule has 0 aliphatic rings. The van der Waals surface area contributed by atoms with Crippen LogP contribution in [0.25, 0.3) is 0 Å². The minimum absolute atomic E-state index is 0. The van der Waals surface area contributed by atoms with Crippen molar-refractivity contribution in [3.63, 3.8) is 0 Å². The molecule has 0 saturated heterocycles. The summed E-state index contributed by atoms with van der Waals surface area (Å²) in [5.74, 6) is -5.98. The van der Waals surface area contributed by atoms with E-state index in [2.05, 4.69) is 10.6 Å². The Labute approximate surface area is 233 Å². The Hall–Kier alpha value is -1.10. The maximum Gasteiger partial charge on any atom is 1.00 e. The largest absolute Gasteiger partial charge is 1.00 e. The van der Waals surface area contributed by atoms with Crippen LogP contribution in [0.2, 0.25) is 0 Å². The summed E-state index contributed by atoms with van der Waals surface area (Å²) in [6.07, 6.45) is 1.11. The number of aliphatic carboxylic acids is 2. The van der Waals surface area contributed by atoms with Crippen LogP contribution in [0, 0.1) is 17.8 Å². The third-order valence-electron chi connectivity index (χ3n) is 4.84. The van der Waals surface area contributed by atoms with Crippen LogP contribution in [0.4, 0.5) is 0 Å². The van der Waals surface area contributed by atoms with Crippen molar-refractivity contribution in [3.8, 4) is 5.75 Å². The Bertz CT molecular complexity index is 775. The van der Waals surface area contributed by atoms with Gasteiger partial charge in [0, 0.05) is 24.3 Å². The van der Waals surface area contributed by atoms with Gasteiger partial charge in [-0.25, -0.2) is 0 Å². The number of benzene rings is 1. The van der Waals surface area contributed by atoms with Crippen LogP contribution in [0.3, 0.4) is 0 Å². The van der Waals surface area contributed by atoms with Gasteiger partial charge in [-0.2, -0.15) is 0 Å². The quantitative estimate of drug-likeness (QED) is 0.272. The van der Waals surface area contributed by atoms with E-state index in [0.717, 1.165) is 6.42 Å². The first-order valence-electron chi connectivity index (χ1n) is 9.35. The molecule has 9 nitrogen and oxygen atoms in total. The summed E-state index contributed by atoms with van der Waals surface area (Å²) < 4.78 is 0. The van der Waals surface area contributed by atoms with Gasteiger partial charge in [0.15, 0.2) is 0 Å². The first-order valence-corrected chi connectivity index (χ1v) is 9.35. The van der Waals surface area contributed by atoms with Crippen molar-refractivity contribution in [3.05, 3.63) is 29.3 Å². The summed E-state index contributed by atoms with van der Waals surface area (Å²) in [6.45, 7) is 4.65. The van der Waals surface area contributed by atoms with Crippen molar-refractivity contribution in [1.82, 2.24) is 10.6 Å². The van der Waals surface area contributed by atoms with E-state index in [-0.39, 0.29) is 90.3 Å². The zero-order chi connectivity index (χ0) is 22.1. The number of phenolic OH excluding ortho intramolecular Hbond substituents is 1. The Morgan fingerprint density at radius 1 is 1.06 bits per heavy atom. The molecule has 0 saturated carbocycles. The summed E-state index contributed by atoms with van der Waals surface area (Å²) in [6, 6.07) is 4.03. The number of aromatic hydroxyl groups is 1. The standard InChI is InChI=1S/C20H28N2O7.CH4.2Na/c1-4-11(2)7-14(20(28)29)12(3)18(26)21-9-13-5-6-16(23)15(8-13)19(27)22-10-17(24)25;;;/h5-6,8,11-12,14,23H,4,7,9-10H2,1-3H3,(H,21,26)(H,22,27)(H,24,25)(H,28,29);1H4;;/q;;2*+1/p-2. The van der Waals surface area contributed by atoms with Crippen LogP contribution in [-0.4, -0.2) is 35.4 Å². The van der Waals surface area contributed by atoms with Crippen LogP contribution in [0.5, 0.6) is 5.75 Å². The molecule has 1 aromatic rings. The number of hydrogen-bond donors (Lipinski definition) is 3. The molecule has 0 fully saturated rings. The van der Waals surface area contributed by atoms with Crippen LogP contribution in [0.15, 0.2) is 18.2 Å². The minimum atomic E-state index is -1.48.